The van der Waals surface area contributed by atoms with Gasteiger partial charge in [-0.1, -0.05) is 12.1 Å². The van der Waals surface area contributed by atoms with Gasteiger partial charge >= 0.3 is 0 Å². The third-order valence-electron chi connectivity index (χ3n) is 4.43. The van der Waals surface area contributed by atoms with E-state index in [9.17, 15) is 15.2 Å². The Morgan fingerprint density at radius 2 is 2.13 bits per heavy atom. The van der Waals surface area contributed by atoms with Crippen LogP contribution in [0.5, 0.6) is 5.75 Å². The maximum atomic E-state index is 11.5. The zero-order chi connectivity index (χ0) is 16.9. The minimum Gasteiger partial charge on any atom is -0.507 e. The van der Waals surface area contributed by atoms with Crippen LogP contribution in [0.15, 0.2) is 24.3 Å². The minimum absolute atomic E-state index is 0.00454. The molecule has 1 aliphatic rings. The highest BCUT2D eigenvalue weighted by molar-refractivity contribution is 6.19. The highest BCUT2D eigenvalue weighted by Crippen LogP contribution is 2.49. The number of hydrogen-bond donors (Lipinski definition) is 1. The zero-order valence-corrected chi connectivity index (χ0v) is 14.1. The third-order valence-corrected chi connectivity index (χ3v) is 4.80. The Hall–Kier alpha value is -2.01. The molecule has 3 rings (SSSR count). The van der Waals surface area contributed by atoms with Gasteiger partial charge in [0.15, 0.2) is 0 Å². The molecule has 122 valence electrons. The Labute approximate surface area is 139 Å². The van der Waals surface area contributed by atoms with Crippen LogP contribution in [0.1, 0.15) is 32.3 Å². The fourth-order valence-corrected chi connectivity index (χ4v) is 3.66. The smallest absolute Gasteiger partial charge is 0.277 e. The van der Waals surface area contributed by atoms with E-state index in [-0.39, 0.29) is 22.9 Å². The first kappa shape index (κ1) is 15.9. The standard InChI is InChI=1S/C17H19ClN2O3/c1-17(2,3)19-9-10(8-18)15-13(19)7-14(21)11-5-4-6-12(16(11)15)20(22)23/h4-7,10,21H,8-9H2,1-3H3. The molecule has 0 saturated heterocycles. The van der Waals surface area contributed by atoms with Gasteiger partial charge in [0.1, 0.15) is 5.75 Å². The molecule has 5 nitrogen and oxygen atoms in total. The van der Waals surface area contributed by atoms with Gasteiger partial charge in [-0.3, -0.25) is 10.1 Å². The zero-order valence-electron chi connectivity index (χ0n) is 13.3. The Kier molecular flexibility index (Phi) is 3.64. The predicted molar refractivity (Wildman–Crippen MR) is 92.8 cm³/mol. The van der Waals surface area contributed by atoms with Gasteiger partial charge in [0, 0.05) is 47.1 Å². The second kappa shape index (κ2) is 5.27. The summed E-state index contributed by atoms with van der Waals surface area (Å²) in [5, 5.41) is 22.9. The molecule has 0 radical (unpaired) electrons. The molecule has 1 unspecified atom stereocenters. The molecule has 0 fully saturated rings. The molecular formula is C17H19ClN2O3. The predicted octanol–water partition coefficient (Wildman–Crippen LogP) is 4.39. The van der Waals surface area contributed by atoms with Crippen LogP contribution in [0.4, 0.5) is 11.4 Å². The molecule has 1 atom stereocenters. The van der Waals surface area contributed by atoms with Crippen LogP contribution in [-0.2, 0) is 0 Å². The van der Waals surface area contributed by atoms with Crippen LogP contribution in [0.2, 0.25) is 0 Å². The average Bonchev–Trinajstić information content (AvgIpc) is 2.85. The molecule has 0 spiro atoms. The minimum atomic E-state index is -0.396. The average molecular weight is 335 g/mol. The number of non-ortho nitro benzene ring substituents is 1. The van der Waals surface area contributed by atoms with Crippen molar-refractivity contribution in [2.45, 2.75) is 32.2 Å². The summed E-state index contributed by atoms with van der Waals surface area (Å²) in [5.41, 5.74) is 1.55. The number of fused-ring (bicyclic) bond motifs is 3. The highest BCUT2D eigenvalue weighted by Gasteiger charge is 2.38. The molecule has 0 aromatic heterocycles. The summed E-state index contributed by atoms with van der Waals surface area (Å²) in [5.74, 6) is 0.438. The molecule has 6 heteroatoms. The Bertz CT molecular complexity index is 799. The summed E-state index contributed by atoms with van der Waals surface area (Å²) < 4.78 is 0. The van der Waals surface area contributed by atoms with Gasteiger partial charge in [-0.25, -0.2) is 0 Å². The molecule has 0 aliphatic carbocycles. The van der Waals surface area contributed by atoms with Crippen molar-refractivity contribution in [1.82, 2.24) is 0 Å². The molecule has 0 saturated carbocycles. The lowest BCUT2D eigenvalue weighted by Gasteiger charge is -2.35. The number of aromatic hydroxyl groups is 1. The largest absolute Gasteiger partial charge is 0.507 e. The van der Waals surface area contributed by atoms with Gasteiger partial charge in [0.2, 0.25) is 0 Å². The molecule has 1 N–H and O–H groups in total. The van der Waals surface area contributed by atoms with E-state index >= 15 is 0 Å². The second-order valence-electron chi connectivity index (χ2n) is 6.92. The topological polar surface area (TPSA) is 66.6 Å². The van der Waals surface area contributed by atoms with Crippen molar-refractivity contribution in [1.29, 1.82) is 0 Å². The van der Waals surface area contributed by atoms with Gasteiger partial charge in [0.25, 0.3) is 5.69 Å². The Morgan fingerprint density at radius 3 is 2.70 bits per heavy atom. The van der Waals surface area contributed by atoms with Crippen LogP contribution in [0.25, 0.3) is 10.8 Å². The van der Waals surface area contributed by atoms with Gasteiger partial charge in [-0.2, -0.15) is 0 Å². The number of nitrogens with zero attached hydrogens (tertiary/aromatic N) is 2. The molecule has 1 aliphatic heterocycles. The van der Waals surface area contributed by atoms with E-state index in [4.69, 9.17) is 11.6 Å². The lowest BCUT2D eigenvalue weighted by molar-refractivity contribution is -0.383. The first-order valence-electron chi connectivity index (χ1n) is 7.52. The highest BCUT2D eigenvalue weighted by atomic mass is 35.5. The number of alkyl halides is 1. The van der Waals surface area contributed by atoms with E-state index in [1.165, 1.54) is 6.07 Å². The molecule has 1 heterocycles. The Morgan fingerprint density at radius 1 is 1.43 bits per heavy atom. The maximum Gasteiger partial charge on any atom is 0.277 e. The molecule has 0 amide bonds. The molecular weight excluding hydrogens is 316 g/mol. The maximum absolute atomic E-state index is 11.5. The van der Waals surface area contributed by atoms with Crippen LogP contribution in [0, 0.1) is 10.1 Å². The van der Waals surface area contributed by atoms with Gasteiger partial charge in [-0.05, 0) is 26.3 Å². The number of phenols is 1. The number of phenolic OH excluding ortho intramolecular Hbond substituents is 1. The van der Waals surface area contributed by atoms with Crippen LogP contribution < -0.4 is 4.90 Å². The fraction of sp³-hybridized carbons (Fsp3) is 0.412. The first-order chi connectivity index (χ1) is 10.8. The first-order valence-corrected chi connectivity index (χ1v) is 8.05. The number of hydrogen-bond acceptors (Lipinski definition) is 4. The van der Waals surface area contributed by atoms with E-state index in [2.05, 4.69) is 25.7 Å². The quantitative estimate of drug-likeness (QED) is 0.502. The van der Waals surface area contributed by atoms with Crippen molar-refractivity contribution < 1.29 is 10.0 Å². The fourth-order valence-electron chi connectivity index (χ4n) is 3.41. The van der Waals surface area contributed by atoms with Crippen molar-refractivity contribution in [3.63, 3.8) is 0 Å². The van der Waals surface area contributed by atoms with E-state index in [1.54, 1.807) is 18.2 Å². The van der Waals surface area contributed by atoms with Gasteiger partial charge < -0.3 is 10.0 Å². The molecule has 0 bridgehead atoms. The summed E-state index contributed by atoms with van der Waals surface area (Å²) in [7, 11) is 0. The van der Waals surface area contributed by atoms with Crippen LogP contribution in [0.3, 0.4) is 0 Å². The summed E-state index contributed by atoms with van der Waals surface area (Å²) in [6, 6.07) is 6.49. The van der Waals surface area contributed by atoms with Gasteiger partial charge in [-0.15, -0.1) is 11.6 Å². The number of nitro groups is 1. The summed E-state index contributed by atoms with van der Waals surface area (Å²) in [6.07, 6.45) is 0. The molecule has 23 heavy (non-hydrogen) atoms. The summed E-state index contributed by atoms with van der Waals surface area (Å²) >= 11 is 6.16. The normalized spacial score (nSPS) is 17.6. The monoisotopic (exact) mass is 334 g/mol. The number of benzene rings is 2. The summed E-state index contributed by atoms with van der Waals surface area (Å²) in [4.78, 5) is 13.2. The van der Waals surface area contributed by atoms with E-state index in [0.29, 0.717) is 23.2 Å². The number of rotatable bonds is 2. The van der Waals surface area contributed by atoms with Crippen LogP contribution in [-0.4, -0.2) is 28.0 Å². The van der Waals surface area contributed by atoms with Crippen LogP contribution >= 0.6 is 11.6 Å². The van der Waals surface area contributed by atoms with E-state index in [0.717, 1.165) is 11.3 Å². The lowest BCUT2D eigenvalue weighted by Crippen LogP contribution is -2.40. The molecule has 2 aromatic rings. The van der Waals surface area contributed by atoms with Crippen molar-refractivity contribution in [2.24, 2.45) is 0 Å². The number of halogens is 1. The van der Waals surface area contributed by atoms with Crippen molar-refractivity contribution in [3.8, 4) is 5.75 Å². The lowest BCUT2D eigenvalue weighted by atomic mass is 9.94. The van der Waals surface area contributed by atoms with Gasteiger partial charge in [0.05, 0.1) is 10.3 Å². The Balaban J connectivity index is 2.42. The van der Waals surface area contributed by atoms with E-state index < -0.39 is 4.92 Å². The van der Waals surface area contributed by atoms with Crippen molar-refractivity contribution in [2.75, 3.05) is 17.3 Å². The number of anilines is 1. The van der Waals surface area contributed by atoms with E-state index in [1.807, 2.05) is 0 Å². The number of nitro benzene ring substituents is 1. The summed E-state index contributed by atoms with van der Waals surface area (Å²) in [6.45, 7) is 6.92. The van der Waals surface area contributed by atoms with Crippen molar-refractivity contribution in [3.05, 3.63) is 39.9 Å². The van der Waals surface area contributed by atoms with Crippen molar-refractivity contribution >= 4 is 33.7 Å². The SMILES string of the molecule is CC(C)(C)N1CC(CCl)c2c1cc(O)c1cccc([N+](=O)[O-])c21. The third kappa shape index (κ3) is 2.39. The molecule has 2 aromatic carbocycles. The second-order valence-corrected chi connectivity index (χ2v) is 7.23.